The zero-order chi connectivity index (χ0) is 20.3. The lowest BCUT2D eigenvalue weighted by atomic mass is 9.74. The van der Waals surface area contributed by atoms with Crippen LogP contribution in [0.5, 0.6) is 0 Å². The molecule has 148 valence electrons. The molecule has 3 aromatic carbocycles. The molecular formula is C25H27N2OP. The van der Waals surface area contributed by atoms with Crippen LogP contribution in [0.1, 0.15) is 36.0 Å². The minimum atomic E-state index is -0.983. The maximum atomic E-state index is 13.7. The van der Waals surface area contributed by atoms with Gasteiger partial charge in [0.1, 0.15) is 0 Å². The van der Waals surface area contributed by atoms with Gasteiger partial charge in [-0.2, -0.15) is 0 Å². The van der Waals surface area contributed by atoms with Gasteiger partial charge < -0.3 is 11.5 Å². The molecule has 1 aliphatic rings. The highest BCUT2D eigenvalue weighted by molar-refractivity contribution is 7.80. The molecule has 0 saturated heterocycles. The first-order chi connectivity index (χ1) is 14.1. The number of nitrogens with two attached hydrogens (primary N) is 2. The highest BCUT2D eigenvalue weighted by Crippen LogP contribution is 2.36. The van der Waals surface area contributed by atoms with Crippen LogP contribution in [0, 0.1) is 0 Å². The first-order valence-electron chi connectivity index (χ1n) is 10.2. The van der Waals surface area contributed by atoms with Crippen molar-refractivity contribution in [2.45, 2.75) is 37.3 Å². The van der Waals surface area contributed by atoms with E-state index in [1.54, 1.807) is 0 Å². The van der Waals surface area contributed by atoms with Crippen molar-refractivity contribution in [3.63, 3.8) is 0 Å². The second-order valence-corrected chi connectivity index (χ2v) is 9.93. The van der Waals surface area contributed by atoms with Gasteiger partial charge in [0, 0.05) is 11.6 Å². The summed E-state index contributed by atoms with van der Waals surface area (Å²) in [6, 6.07) is 28.5. The SMILES string of the molecule is NC1CCCCC1(N)C(=O)c1ccccc1P(c1ccccc1)c1ccccc1. The molecule has 0 heterocycles. The molecule has 3 aromatic rings. The number of benzene rings is 3. The van der Waals surface area contributed by atoms with Crippen molar-refractivity contribution < 1.29 is 4.79 Å². The van der Waals surface area contributed by atoms with Crippen LogP contribution in [0.15, 0.2) is 84.9 Å². The molecule has 4 N–H and O–H groups in total. The van der Waals surface area contributed by atoms with E-state index in [9.17, 15) is 4.79 Å². The Morgan fingerprint density at radius 3 is 1.97 bits per heavy atom. The van der Waals surface area contributed by atoms with Gasteiger partial charge in [0.2, 0.25) is 0 Å². The molecule has 0 aromatic heterocycles. The summed E-state index contributed by atoms with van der Waals surface area (Å²) < 4.78 is 0. The van der Waals surface area contributed by atoms with E-state index >= 15 is 0 Å². The summed E-state index contributed by atoms with van der Waals surface area (Å²) in [6.07, 6.45) is 3.44. The summed E-state index contributed by atoms with van der Waals surface area (Å²) in [7, 11) is -0.874. The molecule has 4 heteroatoms. The van der Waals surface area contributed by atoms with Gasteiger partial charge >= 0.3 is 0 Å². The average Bonchev–Trinajstić information content (AvgIpc) is 2.77. The minimum Gasteiger partial charge on any atom is -0.326 e. The molecular weight excluding hydrogens is 375 g/mol. The van der Waals surface area contributed by atoms with E-state index in [2.05, 4.69) is 54.6 Å². The Balaban J connectivity index is 1.85. The van der Waals surface area contributed by atoms with Crippen molar-refractivity contribution in [1.29, 1.82) is 0 Å². The third-order valence-electron chi connectivity index (χ3n) is 5.86. The first kappa shape index (κ1) is 20.0. The van der Waals surface area contributed by atoms with Crippen molar-refractivity contribution in [2.75, 3.05) is 0 Å². The third kappa shape index (κ3) is 3.91. The monoisotopic (exact) mass is 402 g/mol. The fraction of sp³-hybridized carbons (Fsp3) is 0.240. The van der Waals surface area contributed by atoms with Gasteiger partial charge in [-0.1, -0.05) is 97.8 Å². The summed E-state index contributed by atoms with van der Waals surface area (Å²) in [4.78, 5) is 13.7. The lowest BCUT2D eigenvalue weighted by molar-refractivity contribution is 0.0824. The van der Waals surface area contributed by atoms with Crippen LogP contribution in [0.3, 0.4) is 0 Å². The number of hydrogen-bond donors (Lipinski definition) is 2. The van der Waals surface area contributed by atoms with E-state index in [1.165, 1.54) is 10.6 Å². The zero-order valence-electron chi connectivity index (χ0n) is 16.5. The van der Waals surface area contributed by atoms with E-state index in [-0.39, 0.29) is 11.8 Å². The van der Waals surface area contributed by atoms with Crippen LogP contribution in [0.2, 0.25) is 0 Å². The molecule has 0 aliphatic heterocycles. The fourth-order valence-electron chi connectivity index (χ4n) is 4.20. The Labute approximate surface area is 173 Å². The summed E-state index contributed by atoms with van der Waals surface area (Å²) >= 11 is 0. The molecule has 0 amide bonds. The summed E-state index contributed by atoms with van der Waals surface area (Å²) in [5.41, 5.74) is 12.7. The van der Waals surface area contributed by atoms with Crippen LogP contribution < -0.4 is 27.4 Å². The normalized spacial score (nSPS) is 21.8. The Morgan fingerprint density at radius 2 is 1.38 bits per heavy atom. The number of carbonyl (C=O) groups is 1. The topological polar surface area (TPSA) is 69.1 Å². The number of ketones is 1. The molecule has 1 saturated carbocycles. The smallest absolute Gasteiger partial charge is 0.184 e. The summed E-state index contributed by atoms with van der Waals surface area (Å²) in [5, 5.41) is 3.48. The zero-order valence-corrected chi connectivity index (χ0v) is 17.4. The van der Waals surface area contributed by atoms with Crippen molar-refractivity contribution >= 4 is 29.6 Å². The molecule has 3 nitrogen and oxygen atoms in total. The van der Waals surface area contributed by atoms with E-state index in [0.29, 0.717) is 12.0 Å². The van der Waals surface area contributed by atoms with Gasteiger partial charge in [-0.3, -0.25) is 4.79 Å². The van der Waals surface area contributed by atoms with Crippen molar-refractivity contribution in [3.8, 4) is 0 Å². The maximum Gasteiger partial charge on any atom is 0.184 e. The molecule has 4 rings (SSSR count). The lowest BCUT2D eigenvalue weighted by Gasteiger charge is -2.38. The molecule has 2 unspecified atom stereocenters. The maximum absolute atomic E-state index is 13.7. The van der Waals surface area contributed by atoms with Crippen molar-refractivity contribution in [3.05, 3.63) is 90.5 Å². The van der Waals surface area contributed by atoms with Crippen LogP contribution >= 0.6 is 7.92 Å². The number of Topliss-reactive ketones (excluding diaryl/α,β-unsaturated/α-hetero) is 1. The second kappa shape index (κ2) is 8.59. The standard InChI is InChI=1S/C25H27N2OP/c26-23-17-9-10-18-25(23,27)24(28)21-15-7-8-16-22(21)29(19-11-3-1-4-12-19)20-13-5-2-6-14-20/h1-8,11-16,23H,9-10,17-18,26-27H2. The van der Waals surface area contributed by atoms with Gasteiger partial charge in [0.05, 0.1) is 5.54 Å². The average molecular weight is 402 g/mol. The van der Waals surface area contributed by atoms with Gasteiger partial charge in [0.25, 0.3) is 0 Å². The third-order valence-corrected chi connectivity index (χ3v) is 8.36. The van der Waals surface area contributed by atoms with Gasteiger partial charge in [-0.25, -0.2) is 0 Å². The Hall–Kier alpha value is -2.32. The van der Waals surface area contributed by atoms with Gasteiger partial charge in [0.15, 0.2) is 5.78 Å². The Kier molecular flexibility index (Phi) is 5.91. The Bertz CT molecular complexity index is 937. The quantitative estimate of drug-likeness (QED) is 0.509. The fourth-order valence-corrected chi connectivity index (χ4v) is 6.65. The van der Waals surface area contributed by atoms with E-state index < -0.39 is 13.5 Å². The van der Waals surface area contributed by atoms with Gasteiger partial charge in [-0.05, 0) is 36.7 Å². The predicted molar refractivity (Wildman–Crippen MR) is 123 cm³/mol. The highest BCUT2D eigenvalue weighted by atomic mass is 31.1. The molecule has 29 heavy (non-hydrogen) atoms. The van der Waals surface area contributed by atoms with E-state index in [4.69, 9.17) is 11.5 Å². The predicted octanol–water partition coefficient (Wildman–Crippen LogP) is 3.23. The minimum absolute atomic E-state index is 0.0142. The van der Waals surface area contributed by atoms with E-state index in [1.807, 2.05) is 30.3 Å². The van der Waals surface area contributed by atoms with Crippen molar-refractivity contribution in [1.82, 2.24) is 0 Å². The highest BCUT2D eigenvalue weighted by Gasteiger charge is 2.43. The molecule has 0 spiro atoms. The molecule has 0 radical (unpaired) electrons. The van der Waals surface area contributed by atoms with Crippen LogP contribution in [-0.4, -0.2) is 17.4 Å². The molecule has 1 aliphatic carbocycles. The van der Waals surface area contributed by atoms with Crippen LogP contribution in [-0.2, 0) is 0 Å². The summed E-state index contributed by atoms with van der Waals surface area (Å²) in [5.74, 6) is -0.0142. The van der Waals surface area contributed by atoms with Crippen molar-refractivity contribution in [2.24, 2.45) is 11.5 Å². The van der Waals surface area contributed by atoms with Gasteiger partial charge in [-0.15, -0.1) is 0 Å². The Morgan fingerprint density at radius 1 is 0.828 bits per heavy atom. The summed E-state index contributed by atoms with van der Waals surface area (Å²) in [6.45, 7) is 0. The van der Waals surface area contributed by atoms with E-state index in [0.717, 1.165) is 24.6 Å². The lowest BCUT2D eigenvalue weighted by Crippen LogP contribution is -2.62. The molecule has 0 bridgehead atoms. The number of rotatable bonds is 5. The molecule has 1 fully saturated rings. The number of carbonyl (C=O) groups excluding carboxylic acids is 1. The number of hydrogen-bond acceptors (Lipinski definition) is 3. The second-order valence-electron chi connectivity index (χ2n) is 7.75. The van der Waals surface area contributed by atoms with Crippen LogP contribution in [0.4, 0.5) is 0 Å². The molecule has 2 atom stereocenters. The largest absolute Gasteiger partial charge is 0.326 e. The van der Waals surface area contributed by atoms with Crippen LogP contribution in [0.25, 0.3) is 0 Å². The first-order valence-corrected chi connectivity index (χ1v) is 11.5.